The van der Waals surface area contributed by atoms with Crippen LogP contribution in [0.2, 0.25) is 0 Å². The van der Waals surface area contributed by atoms with Crippen LogP contribution in [0.4, 0.5) is 0 Å². The second-order valence-electron chi connectivity index (χ2n) is 5.88. The molecule has 2 aromatic carbocycles. The molecule has 3 rings (SSSR count). The van der Waals surface area contributed by atoms with Crippen molar-refractivity contribution in [1.29, 1.82) is 0 Å². The Morgan fingerprint density at radius 3 is 2.24 bits per heavy atom. The maximum atomic E-state index is 2.52. The molecule has 0 aromatic heterocycles. The Labute approximate surface area is 127 Å². The Hall–Kier alpha value is -1.86. The third-order valence-corrected chi connectivity index (χ3v) is 4.43. The normalized spacial score (nSPS) is 17.3. The molecule has 0 aliphatic carbocycles. The minimum atomic E-state index is 0.546. The summed E-state index contributed by atoms with van der Waals surface area (Å²) in [5.41, 5.74) is 4.43. The molecule has 2 aromatic rings. The van der Waals surface area contributed by atoms with Crippen molar-refractivity contribution in [3.63, 3.8) is 0 Å². The summed E-state index contributed by atoms with van der Waals surface area (Å²) in [5, 5.41) is 0. The topological polar surface area (TPSA) is 3.24 Å². The van der Waals surface area contributed by atoms with Crippen LogP contribution in [0, 0.1) is 0 Å². The first-order chi connectivity index (χ1) is 10.3. The van der Waals surface area contributed by atoms with Gasteiger partial charge in [0.15, 0.2) is 0 Å². The summed E-state index contributed by atoms with van der Waals surface area (Å²) in [6, 6.07) is 21.6. The predicted octanol–water partition coefficient (Wildman–Crippen LogP) is 4.62. The summed E-state index contributed by atoms with van der Waals surface area (Å²) in [6.45, 7) is 5.62. The van der Waals surface area contributed by atoms with E-state index in [-0.39, 0.29) is 0 Å². The lowest BCUT2D eigenvalue weighted by Crippen LogP contribution is -2.29. The van der Waals surface area contributed by atoms with Crippen LogP contribution in [0.1, 0.15) is 30.4 Å². The molecule has 0 spiro atoms. The van der Waals surface area contributed by atoms with Gasteiger partial charge in [0.05, 0.1) is 0 Å². The second kappa shape index (κ2) is 6.73. The first-order valence-electron chi connectivity index (χ1n) is 7.83. The Balaban J connectivity index is 1.62. The van der Waals surface area contributed by atoms with Crippen LogP contribution >= 0.6 is 0 Å². The van der Waals surface area contributed by atoms with Crippen molar-refractivity contribution in [2.75, 3.05) is 13.1 Å². The van der Waals surface area contributed by atoms with E-state index < -0.39 is 0 Å². The van der Waals surface area contributed by atoms with E-state index in [9.17, 15) is 0 Å². The number of rotatable bonds is 4. The van der Waals surface area contributed by atoms with Crippen molar-refractivity contribution in [2.24, 2.45) is 0 Å². The Morgan fingerprint density at radius 2 is 1.62 bits per heavy atom. The quantitative estimate of drug-likeness (QED) is 0.737. The molecule has 1 heterocycles. The van der Waals surface area contributed by atoms with Crippen LogP contribution in [-0.2, 0) is 6.54 Å². The highest BCUT2D eigenvalue weighted by Gasteiger charge is 2.17. The van der Waals surface area contributed by atoms with E-state index in [1.54, 1.807) is 5.57 Å². The first kappa shape index (κ1) is 14.1. The Bertz CT molecular complexity index is 586. The van der Waals surface area contributed by atoms with E-state index in [0.717, 1.165) is 19.6 Å². The van der Waals surface area contributed by atoms with E-state index >= 15 is 0 Å². The molecule has 0 N–H and O–H groups in total. The van der Waals surface area contributed by atoms with Crippen LogP contribution in [0.5, 0.6) is 0 Å². The highest BCUT2D eigenvalue weighted by Crippen LogP contribution is 2.28. The van der Waals surface area contributed by atoms with E-state index in [0.29, 0.717) is 5.92 Å². The van der Waals surface area contributed by atoms with Gasteiger partial charge < -0.3 is 0 Å². The fourth-order valence-electron chi connectivity index (χ4n) is 3.06. The van der Waals surface area contributed by atoms with Crippen molar-refractivity contribution in [3.05, 3.63) is 83.4 Å². The van der Waals surface area contributed by atoms with Crippen molar-refractivity contribution in [2.45, 2.75) is 25.8 Å². The zero-order valence-corrected chi connectivity index (χ0v) is 12.7. The van der Waals surface area contributed by atoms with Gasteiger partial charge in [0.25, 0.3) is 0 Å². The van der Waals surface area contributed by atoms with Gasteiger partial charge in [-0.15, -0.1) is 0 Å². The van der Waals surface area contributed by atoms with E-state index in [4.69, 9.17) is 0 Å². The summed E-state index contributed by atoms with van der Waals surface area (Å²) in [5.74, 6) is 0.546. The molecule has 0 saturated carbocycles. The van der Waals surface area contributed by atoms with Gasteiger partial charge >= 0.3 is 0 Å². The van der Waals surface area contributed by atoms with Gasteiger partial charge in [-0.25, -0.2) is 0 Å². The lowest BCUT2D eigenvalue weighted by atomic mass is 9.89. The van der Waals surface area contributed by atoms with Crippen molar-refractivity contribution in [1.82, 2.24) is 4.90 Å². The van der Waals surface area contributed by atoms with Crippen LogP contribution in [0.3, 0.4) is 0 Å². The first-order valence-corrected chi connectivity index (χ1v) is 7.83. The third-order valence-electron chi connectivity index (χ3n) is 4.43. The van der Waals surface area contributed by atoms with Gasteiger partial charge in [0, 0.05) is 25.6 Å². The van der Waals surface area contributed by atoms with Crippen molar-refractivity contribution in [3.8, 4) is 0 Å². The summed E-state index contributed by atoms with van der Waals surface area (Å²) >= 11 is 0. The highest BCUT2D eigenvalue weighted by molar-refractivity contribution is 5.29. The maximum absolute atomic E-state index is 2.52. The summed E-state index contributed by atoms with van der Waals surface area (Å²) in [4.78, 5) is 2.52. The molecule has 1 aliphatic rings. The lowest BCUT2D eigenvalue weighted by molar-refractivity contribution is 0.283. The number of benzene rings is 2. The SMILES string of the molecule is CC(C1=CCN(Cc2ccccc2)CC1)c1ccccc1. The summed E-state index contributed by atoms with van der Waals surface area (Å²) in [7, 11) is 0. The molecule has 21 heavy (non-hydrogen) atoms. The molecule has 108 valence electrons. The van der Waals surface area contributed by atoms with Gasteiger partial charge in [-0.3, -0.25) is 4.90 Å². The fraction of sp³-hybridized carbons (Fsp3) is 0.300. The Kier molecular flexibility index (Phi) is 4.52. The monoisotopic (exact) mass is 277 g/mol. The third kappa shape index (κ3) is 3.62. The van der Waals surface area contributed by atoms with Gasteiger partial charge in [-0.1, -0.05) is 79.2 Å². The van der Waals surface area contributed by atoms with E-state index in [2.05, 4.69) is 78.6 Å². The second-order valence-corrected chi connectivity index (χ2v) is 5.88. The summed E-state index contributed by atoms with van der Waals surface area (Å²) < 4.78 is 0. The fourth-order valence-corrected chi connectivity index (χ4v) is 3.06. The minimum absolute atomic E-state index is 0.546. The molecule has 0 fully saturated rings. The zero-order valence-electron chi connectivity index (χ0n) is 12.7. The van der Waals surface area contributed by atoms with E-state index in [1.807, 2.05) is 0 Å². The van der Waals surface area contributed by atoms with Gasteiger partial charge in [0.2, 0.25) is 0 Å². The maximum Gasteiger partial charge on any atom is 0.0237 e. The minimum Gasteiger partial charge on any atom is -0.295 e. The molecule has 1 unspecified atom stereocenters. The molecule has 1 heteroatoms. The molecule has 1 nitrogen and oxygen atoms in total. The zero-order chi connectivity index (χ0) is 14.5. The van der Waals surface area contributed by atoms with Gasteiger partial charge in [-0.2, -0.15) is 0 Å². The van der Waals surface area contributed by atoms with Crippen LogP contribution in [0.25, 0.3) is 0 Å². The number of hydrogen-bond donors (Lipinski definition) is 0. The van der Waals surface area contributed by atoms with Gasteiger partial charge in [-0.05, 0) is 17.5 Å². The van der Waals surface area contributed by atoms with Crippen LogP contribution < -0.4 is 0 Å². The molecule has 0 saturated heterocycles. The van der Waals surface area contributed by atoms with Crippen LogP contribution in [0.15, 0.2) is 72.3 Å². The Morgan fingerprint density at radius 1 is 0.952 bits per heavy atom. The largest absolute Gasteiger partial charge is 0.295 e. The smallest absolute Gasteiger partial charge is 0.0237 e. The molecule has 1 atom stereocenters. The molecule has 0 amide bonds. The van der Waals surface area contributed by atoms with E-state index in [1.165, 1.54) is 17.5 Å². The average molecular weight is 277 g/mol. The predicted molar refractivity (Wildman–Crippen MR) is 89.3 cm³/mol. The number of nitrogens with zero attached hydrogens (tertiary/aromatic N) is 1. The highest BCUT2D eigenvalue weighted by atomic mass is 15.1. The number of hydrogen-bond acceptors (Lipinski definition) is 1. The van der Waals surface area contributed by atoms with Crippen molar-refractivity contribution < 1.29 is 0 Å². The summed E-state index contributed by atoms with van der Waals surface area (Å²) in [6.07, 6.45) is 3.62. The lowest BCUT2D eigenvalue weighted by Gasteiger charge is -2.29. The molecule has 1 aliphatic heterocycles. The van der Waals surface area contributed by atoms with Gasteiger partial charge in [0.1, 0.15) is 0 Å². The molecule has 0 radical (unpaired) electrons. The molecular formula is C20H23N. The van der Waals surface area contributed by atoms with Crippen molar-refractivity contribution >= 4 is 0 Å². The van der Waals surface area contributed by atoms with Crippen LogP contribution in [-0.4, -0.2) is 18.0 Å². The standard InChI is InChI=1S/C20H23N/c1-17(19-10-6-3-7-11-19)20-12-14-21(15-13-20)16-18-8-4-2-5-9-18/h2-12,17H,13-16H2,1H3. The molecular weight excluding hydrogens is 254 g/mol. The molecule has 0 bridgehead atoms. The average Bonchev–Trinajstić information content (AvgIpc) is 2.57.